The van der Waals surface area contributed by atoms with E-state index in [2.05, 4.69) is 13.5 Å². The van der Waals surface area contributed by atoms with Gasteiger partial charge in [0.2, 0.25) is 0 Å². The highest BCUT2D eigenvalue weighted by molar-refractivity contribution is 4.87. The zero-order valence-electron chi connectivity index (χ0n) is 9.41. The zero-order chi connectivity index (χ0) is 10.4. The Balaban J connectivity index is 2.30. The van der Waals surface area contributed by atoms with Gasteiger partial charge >= 0.3 is 0 Å². The van der Waals surface area contributed by atoms with Gasteiger partial charge in [0.05, 0.1) is 0 Å². The molecule has 0 saturated heterocycles. The van der Waals surface area contributed by atoms with E-state index in [1.54, 1.807) is 0 Å². The Bertz CT molecular complexity index is 157. The fourth-order valence-corrected chi connectivity index (χ4v) is 2.73. The predicted octanol–water partition coefficient (Wildman–Crippen LogP) is 3.39. The first-order valence-corrected chi connectivity index (χ1v) is 6.05. The zero-order valence-corrected chi connectivity index (χ0v) is 9.41. The smallest absolute Gasteiger partial charge is 0.0496 e. The highest BCUT2D eigenvalue weighted by atomic mass is 16.3. The number of rotatable bonds is 5. The van der Waals surface area contributed by atoms with Gasteiger partial charge in [-0.05, 0) is 24.7 Å². The molecule has 0 heterocycles. The summed E-state index contributed by atoms with van der Waals surface area (Å²) in [6.45, 7) is 6.36. The van der Waals surface area contributed by atoms with Gasteiger partial charge in [0.15, 0.2) is 0 Å². The lowest BCUT2D eigenvalue weighted by molar-refractivity contribution is 0.157. The molecular formula is C13H24O. The van der Waals surface area contributed by atoms with Gasteiger partial charge in [-0.3, -0.25) is 0 Å². The third kappa shape index (κ3) is 3.13. The van der Waals surface area contributed by atoms with Gasteiger partial charge in [0.1, 0.15) is 0 Å². The largest absolute Gasteiger partial charge is 0.396 e. The van der Waals surface area contributed by atoms with Crippen molar-refractivity contribution >= 4 is 0 Å². The Labute approximate surface area is 88.2 Å². The monoisotopic (exact) mass is 196 g/mol. The normalized spacial score (nSPS) is 29.9. The molecule has 0 spiro atoms. The molecule has 1 atom stereocenters. The van der Waals surface area contributed by atoms with Crippen molar-refractivity contribution < 1.29 is 5.11 Å². The van der Waals surface area contributed by atoms with E-state index in [4.69, 9.17) is 0 Å². The molecule has 0 aromatic carbocycles. The van der Waals surface area contributed by atoms with Gasteiger partial charge in [-0.2, -0.15) is 0 Å². The topological polar surface area (TPSA) is 20.2 Å². The van der Waals surface area contributed by atoms with Crippen LogP contribution in [0.15, 0.2) is 12.7 Å². The molecule has 1 nitrogen and oxygen atoms in total. The van der Waals surface area contributed by atoms with Crippen molar-refractivity contribution in [1.82, 2.24) is 0 Å². The van der Waals surface area contributed by atoms with Gasteiger partial charge in [-0.15, -0.1) is 6.58 Å². The van der Waals surface area contributed by atoms with Crippen LogP contribution in [0.4, 0.5) is 0 Å². The van der Waals surface area contributed by atoms with Crippen molar-refractivity contribution in [2.45, 2.75) is 45.4 Å². The summed E-state index contributed by atoms with van der Waals surface area (Å²) in [6, 6.07) is 0. The summed E-state index contributed by atoms with van der Waals surface area (Å²) in [6.07, 6.45) is 9.96. The van der Waals surface area contributed by atoms with Gasteiger partial charge in [0.25, 0.3) is 0 Å². The van der Waals surface area contributed by atoms with Crippen molar-refractivity contribution in [3.8, 4) is 0 Å². The van der Waals surface area contributed by atoms with Crippen LogP contribution in [0.5, 0.6) is 0 Å². The van der Waals surface area contributed by atoms with Crippen molar-refractivity contribution in [1.29, 1.82) is 0 Å². The first-order valence-electron chi connectivity index (χ1n) is 6.05. The van der Waals surface area contributed by atoms with Crippen molar-refractivity contribution in [3.63, 3.8) is 0 Å². The number of aliphatic hydroxyl groups is 1. The molecule has 1 N–H and O–H groups in total. The van der Waals surface area contributed by atoms with E-state index < -0.39 is 0 Å². The van der Waals surface area contributed by atoms with Crippen LogP contribution in [0.25, 0.3) is 0 Å². The van der Waals surface area contributed by atoms with Gasteiger partial charge in [-0.25, -0.2) is 0 Å². The van der Waals surface area contributed by atoms with Crippen LogP contribution in [0.2, 0.25) is 0 Å². The van der Waals surface area contributed by atoms with Crippen LogP contribution in [0.1, 0.15) is 45.4 Å². The average molecular weight is 196 g/mol. The van der Waals surface area contributed by atoms with Crippen LogP contribution >= 0.6 is 0 Å². The first kappa shape index (κ1) is 11.8. The SMILES string of the molecule is C=CC(CO)C1CCC(CCC)CC1. The fraction of sp³-hybridized carbons (Fsp3) is 0.846. The second-order valence-corrected chi connectivity index (χ2v) is 4.65. The summed E-state index contributed by atoms with van der Waals surface area (Å²) in [7, 11) is 0. The molecular weight excluding hydrogens is 172 g/mol. The molecule has 1 rings (SSSR count). The number of aliphatic hydroxyl groups excluding tert-OH is 1. The molecule has 0 aromatic heterocycles. The molecule has 0 aliphatic heterocycles. The summed E-state index contributed by atoms with van der Waals surface area (Å²) >= 11 is 0. The first-order chi connectivity index (χ1) is 6.81. The summed E-state index contributed by atoms with van der Waals surface area (Å²) in [4.78, 5) is 0. The predicted molar refractivity (Wildman–Crippen MR) is 61.1 cm³/mol. The molecule has 1 aliphatic rings. The second-order valence-electron chi connectivity index (χ2n) is 4.65. The third-order valence-corrected chi connectivity index (χ3v) is 3.71. The minimum absolute atomic E-state index is 0.284. The van der Waals surface area contributed by atoms with Gasteiger partial charge < -0.3 is 5.11 Å². The van der Waals surface area contributed by atoms with E-state index in [0.29, 0.717) is 11.8 Å². The highest BCUT2D eigenvalue weighted by Crippen LogP contribution is 2.35. The molecule has 0 radical (unpaired) electrons. The van der Waals surface area contributed by atoms with E-state index in [0.717, 1.165) is 5.92 Å². The Hall–Kier alpha value is -0.300. The summed E-state index contributed by atoms with van der Waals surface area (Å²) in [5.74, 6) is 2.00. The third-order valence-electron chi connectivity index (χ3n) is 3.71. The van der Waals surface area contributed by atoms with E-state index >= 15 is 0 Å². The lowest BCUT2D eigenvalue weighted by atomic mass is 9.75. The van der Waals surface area contributed by atoms with E-state index in [1.807, 2.05) is 6.08 Å². The Morgan fingerprint density at radius 3 is 2.43 bits per heavy atom. The standard InChI is InChI=1S/C13H24O/c1-3-5-11-6-8-13(9-7-11)12(4-2)10-14/h4,11-14H,2-3,5-10H2,1H3. The summed E-state index contributed by atoms with van der Waals surface area (Å²) < 4.78 is 0. The van der Waals surface area contributed by atoms with Crippen LogP contribution in [0, 0.1) is 17.8 Å². The van der Waals surface area contributed by atoms with Crippen LogP contribution < -0.4 is 0 Å². The second kappa shape index (κ2) is 6.23. The number of hydrogen-bond donors (Lipinski definition) is 1. The molecule has 0 amide bonds. The van der Waals surface area contributed by atoms with E-state index in [-0.39, 0.29) is 6.61 Å². The molecule has 1 heteroatoms. The minimum Gasteiger partial charge on any atom is -0.396 e. The lowest BCUT2D eigenvalue weighted by Crippen LogP contribution is -2.22. The molecule has 1 unspecified atom stereocenters. The maximum absolute atomic E-state index is 9.18. The van der Waals surface area contributed by atoms with Crippen LogP contribution in [-0.2, 0) is 0 Å². The Morgan fingerprint density at radius 1 is 1.36 bits per heavy atom. The summed E-state index contributed by atoms with van der Waals surface area (Å²) in [5, 5.41) is 9.18. The quantitative estimate of drug-likeness (QED) is 0.668. The molecule has 14 heavy (non-hydrogen) atoms. The minimum atomic E-state index is 0.284. The number of hydrogen-bond acceptors (Lipinski definition) is 1. The van der Waals surface area contributed by atoms with Crippen molar-refractivity contribution in [2.24, 2.45) is 17.8 Å². The molecule has 0 aromatic rings. The Kier molecular flexibility index (Phi) is 5.24. The van der Waals surface area contributed by atoms with Gasteiger partial charge in [0, 0.05) is 12.5 Å². The van der Waals surface area contributed by atoms with E-state index in [9.17, 15) is 5.11 Å². The van der Waals surface area contributed by atoms with Crippen molar-refractivity contribution in [2.75, 3.05) is 6.61 Å². The summed E-state index contributed by atoms with van der Waals surface area (Å²) in [5.41, 5.74) is 0. The average Bonchev–Trinajstić information content (AvgIpc) is 2.23. The molecule has 1 fully saturated rings. The maximum atomic E-state index is 9.18. The molecule has 82 valence electrons. The maximum Gasteiger partial charge on any atom is 0.0496 e. The highest BCUT2D eigenvalue weighted by Gasteiger charge is 2.24. The van der Waals surface area contributed by atoms with Crippen LogP contribution in [0.3, 0.4) is 0 Å². The molecule has 0 bridgehead atoms. The van der Waals surface area contributed by atoms with Crippen molar-refractivity contribution in [3.05, 3.63) is 12.7 Å². The van der Waals surface area contributed by atoms with Gasteiger partial charge in [-0.1, -0.05) is 38.7 Å². The molecule has 1 aliphatic carbocycles. The molecule has 1 saturated carbocycles. The van der Waals surface area contributed by atoms with Crippen LogP contribution in [-0.4, -0.2) is 11.7 Å². The van der Waals surface area contributed by atoms with E-state index in [1.165, 1.54) is 38.5 Å². The lowest BCUT2D eigenvalue weighted by Gasteiger charge is -2.31. The Morgan fingerprint density at radius 2 is 2.00 bits per heavy atom. The fourth-order valence-electron chi connectivity index (χ4n) is 2.73.